The van der Waals surface area contributed by atoms with Crippen LogP contribution in [0.5, 0.6) is 0 Å². The molecule has 0 aliphatic carbocycles. The highest BCUT2D eigenvalue weighted by Gasteiger charge is 2.17. The Hall–Kier alpha value is -0.340. The molecular formula is C8H16N2. The summed E-state index contributed by atoms with van der Waals surface area (Å²) in [5, 5.41) is 3.34. The van der Waals surface area contributed by atoms with Crippen LogP contribution in [-0.2, 0) is 0 Å². The van der Waals surface area contributed by atoms with E-state index in [0.29, 0.717) is 0 Å². The first-order valence-electron chi connectivity index (χ1n) is 3.86. The van der Waals surface area contributed by atoms with Crippen molar-refractivity contribution < 1.29 is 0 Å². The summed E-state index contributed by atoms with van der Waals surface area (Å²) in [5.41, 5.74) is 0. The second-order valence-electron chi connectivity index (χ2n) is 2.87. The molecule has 0 aromatic rings. The van der Waals surface area contributed by atoms with Gasteiger partial charge in [-0.2, -0.15) is 0 Å². The lowest BCUT2D eigenvalue weighted by molar-refractivity contribution is 0.284. The van der Waals surface area contributed by atoms with Gasteiger partial charge in [0.05, 0.1) is 0 Å². The number of nitrogens with one attached hydrogen (secondary N) is 1. The third kappa shape index (κ3) is 1.82. The number of hydrogen-bond acceptors (Lipinski definition) is 2. The maximum Gasteiger partial charge on any atom is 0.0232 e. The molecule has 1 saturated heterocycles. The molecule has 0 aromatic heterocycles. The highest BCUT2D eigenvalue weighted by Crippen LogP contribution is 2.04. The third-order valence-corrected chi connectivity index (χ3v) is 2.07. The molecule has 1 heterocycles. The topological polar surface area (TPSA) is 15.3 Å². The quantitative estimate of drug-likeness (QED) is 0.573. The molecule has 0 amide bonds. The predicted octanol–water partition coefficient (Wildman–Crippen LogP) is 0.466. The van der Waals surface area contributed by atoms with Gasteiger partial charge >= 0.3 is 0 Å². The van der Waals surface area contributed by atoms with Crippen LogP contribution in [0.3, 0.4) is 0 Å². The Labute approximate surface area is 62.9 Å². The smallest absolute Gasteiger partial charge is 0.0232 e. The second-order valence-corrected chi connectivity index (χ2v) is 2.87. The highest BCUT2D eigenvalue weighted by atomic mass is 15.2. The molecular weight excluding hydrogens is 124 g/mol. The van der Waals surface area contributed by atoms with Gasteiger partial charge in [0.2, 0.25) is 0 Å². The van der Waals surface area contributed by atoms with E-state index in [2.05, 4.69) is 23.8 Å². The maximum absolute atomic E-state index is 3.71. The van der Waals surface area contributed by atoms with Crippen LogP contribution in [0.15, 0.2) is 12.7 Å². The molecule has 1 aliphatic heterocycles. The van der Waals surface area contributed by atoms with Gasteiger partial charge in [0.25, 0.3) is 0 Å². The van der Waals surface area contributed by atoms with Gasteiger partial charge in [-0.25, -0.2) is 0 Å². The van der Waals surface area contributed by atoms with Crippen molar-refractivity contribution in [2.45, 2.75) is 12.5 Å². The van der Waals surface area contributed by atoms with Gasteiger partial charge in [0, 0.05) is 19.1 Å². The molecule has 1 rings (SSSR count). The lowest BCUT2D eigenvalue weighted by Gasteiger charge is -2.21. The largest absolute Gasteiger partial charge is 0.315 e. The van der Waals surface area contributed by atoms with Crippen LogP contribution in [0, 0.1) is 0 Å². The zero-order chi connectivity index (χ0) is 7.40. The molecule has 1 aliphatic rings. The molecule has 10 heavy (non-hydrogen) atoms. The summed E-state index contributed by atoms with van der Waals surface area (Å²) in [5.74, 6) is 0. The molecule has 2 heteroatoms. The fraction of sp³-hybridized carbons (Fsp3) is 0.750. The Bertz CT molecular complexity index is 106. The van der Waals surface area contributed by atoms with E-state index in [0.717, 1.165) is 19.1 Å². The third-order valence-electron chi connectivity index (χ3n) is 2.07. The highest BCUT2D eigenvalue weighted by molar-refractivity contribution is 4.82. The van der Waals surface area contributed by atoms with Crippen LogP contribution < -0.4 is 5.32 Å². The van der Waals surface area contributed by atoms with Gasteiger partial charge in [-0.3, -0.25) is 4.90 Å². The van der Waals surface area contributed by atoms with Crippen molar-refractivity contribution in [3.05, 3.63) is 12.7 Å². The first-order valence-corrected chi connectivity index (χ1v) is 3.86. The number of rotatable bonds is 3. The van der Waals surface area contributed by atoms with E-state index in [1.807, 2.05) is 6.08 Å². The Morgan fingerprint density at radius 3 is 3.10 bits per heavy atom. The van der Waals surface area contributed by atoms with E-state index in [1.165, 1.54) is 13.0 Å². The van der Waals surface area contributed by atoms with Gasteiger partial charge < -0.3 is 5.32 Å². The number of hydrogen-bond donors (Lipinski definition) is 1. The molecule has 0 bridgehead atoms. The van der Waals surface area contributed by atoms with Gasteiger partial charge in [0.15, 0.2) is 0 Å². The van der Waals surface area contributed by atoms with E-state index in [4.69, 9.17) is 0 Å². The lowest BCUT2D eigenvalue weighted by atomic mass is 10.2. The van der Waals surface area contributed by atoms with Crippen molar-refractivity contribution >= 4 is 0 Å². The predicted molar refractivity (Wildman–Crippen MR) is 44.1 cm³/mol. The number of likely N-dealkylation sites (N-methyl/N-ethyl adjacent to an activating group) is 1. The van der Waals surface area contributed by atoms with E-state index >= 15 is 0 Å². The van der Waals surface area contributed by atoms with Crippen LogP contribution in [0.4, 0.5) is 0 Å². The normalized spacial score (nSPS) is 25.6. The van der Waals surface area contributed by atoms with Crippen LogP contribution in [-0.4, -0.2) is 37.6 Å². The average molecular weight is 140 g/mol. The molecule has 0 aromatic carbocycles. The number of nitrogens with zero attached hydrogens (tertiary/aromatic N) is 1. The molecule has 1 atom stereocenters. The molecule has 0 radical (unpaired) electrons. The standard InChI is InChI=1S/C8H16N2/c1-3-6-10(2)8-4-5-9-7-8/h3,8-9H,1,4-7H2,2H3/t8-/m1/s1. The fourth-order valence-corrected chi connectivity index (χ4v) is 1.37. The Morgan fingerprint density at radius 1 is 1.80 bits per heavy atom. The van der Waals surface area contributed by atoms with Gasteiger partial charge in [-0.05, 0) is 20.0 Å². The van der Waals surface area contributed by atoms with Crippen molar-refractivity contribution in [1.29, 1.82) is 0 Å². The molecule has 2 nitrogen and oxygen atoms in total. The van der Waals surface area contributed by atoms with Gasteiger partial charge in [-0.1, -0.05) is 6.08 Å². The van der Waals surface area contributed by atoms with Crippen LogP contribution in [0.25, 0.3) is 0 Å². The average Bonchev–Trinajstić information content (AvgIpc) is 2.38. The summed E-state index contributed by atoms with van der Waals surface area (Å²) in [6.07, 6.45) is 3.24. The first-order chi connectivity index (χ1) is 4.84. The van der Waals surface area contributed by atoms with E-state index in [9.17, 15) is 0 Å². The van der Waals surface area contributed by atoms with Crippen molar-refractivity contribution in [2.75, 3.05) is 26.7 Å². The molecule has 1 N–H and O–H groups in total. The summed E-state index contributed by atoms with van der Waals surface area (Å²) in [6, 6.07) is 0.734. The maximum atomic E-state index is 3.71. The zero-order valence-corrected chi connectivity index (χ0v) is 6.64. The van der Waals surface area contributed by atoms with E-state index < -0.39 is 0 Å². The summed E-state index contributed by atoms with van der Waals surface area (Å²) in [4.78, 5) is 2.34. The first kappa shape index (κ1) is 7.76. The lowest BCUT2D eigenvalue weighted by Crippen LogP contribution is -2.33. The monoisotopic (exact) mass is 140 g/mol. The molecule has 0 saturated carbocycles. The Balaban J connectivity index is 2.24. The Morgan fingerprint density at radius 2 is 2.60 bits per heavy atom. The van der Waals surface area contributed by atoms with E-state index in [1.54, 1.807) is 0 Å². The molecule has 58 valence electrons. The van der Waals surface area contributed by atoms with Crippen molar-refractivity contribution in [3.63, 3.8) is 0 Å². The molecule has 1 fully saturated rings. The van der Waals surface area contributed by atoms with Crippen LogP contribution in [0.2, 0.25) is 0 Å². The Kier molecular flexibility index (Phi) is 2.90. The van der Waals surface area contributed by atoms with Gasteiger partial charge in [-0.15, -0.1) is 6.58 Å². The SMILES string of the molecule is C=CCN(C)[C@@H]1CCNC1. The van der Waals surface area contributed by atoms with Crippen molar-refractivity contribution in [1.82, 2.24) is 10.2 Å². The summed E-state index contributed by atoms with van der Waals surface area (Å²) in [6.45, 7) is 7.03. The minimum Gasteiger partial charge on any atom is -0.315 e. The van der Waals surface area contributed by atoms with Crippen molar-refractivity contribution in [3.8, 4) is 0 Å². The van der Waals surface area contributed by atoms with Crippen LogP contribution in [0.1, 0.15) is 6.42 Å². The summed E-state index contributed by atoms with van der Waals surface area (Å²) in [7, 11) is 2.15. The zero-order valence-electron chi connectivity index (χ0n) is 6.64. The molecule has 0 spiro atoms. The van der Waals surface area contributed by atoms with Crippen molar-refractivity contribution in [2.24, 2.45) is 0 Å². The van der Waals surface area contributed by atoms with Crippen LogP contribution >= 0.6 is 0 Å². The molecule has 0 unspecified atom stereocenters. The minimum absolute atomic E-state index is 0.734. The van der Waals surface area contributed by atoms with Gasteiger partial charge in [0.1, 0.15) is 0 Å². The summed E-state index contributed by atoms with van der Waals surface area (Å²) < 4.78 is 0. The van der Waals surface area contributed by atoms with E-state index in [-0.39, 0.29) is 0 Å². The minimum atomic E-state index is 0.734. The summed E-state index contributed by atoms with van der Waals surface area (Å²) >= 11 is 0. The fourth-order valence-electron chi connectivity index (χ4n) is 1.37. The second kappa shape index (κ2) is 3.74.